The van der Waals surface area contributed by atoms with Crippen LogP contribution in [0.25, 0.3) is 0 Å². The van der Waals surface area contributed by atoms with E-state index in [4.69, 9.17) is 0 Å². The Balaban J connectivity index is 1.62. The van der Waals surface area contributed by atoms with Gasteiger partial charge in [-0.05, 0) is 24.1 Å². The van der Waals surface area contributed by atoms with E-state index in [0.717, 1.165) is 5.56 Å². The summed E-state index contributed by atoms with van der Waals surface area (Å²) in [5.74, 6) is -0.483. The third kappa shape index (κ3) is 5.11. The quantitative estimate of drug-likeness (QED) is 0.549. The molecule has 0 radical (unpaired) electrons. The minimum Gasteiger partial charge on any atom is -0.350 e. The van der Waals surface area contributed by atoms with Crippen LogP contribution in [0.2, 0.25) is 0 Å². The van der Waals surface area contributed by atoms with Crippen LogP contribution in [0.3, 0.4) is 0 Å². The largest absolute Gasteiger partial charge is 0.350 e. The molecule has 2 heterocycles. The van der Waals surface area contributed by atoms with E-state index in [1.807, 2.05) is 41.5 Å². The molecule has 4 N–H and O–H groups in total. The Morgan fingerprint density at radius 1 is 1.15 bits per heavy atom. The van der Waals surface area contributed by atoms with Gasteiger partial charge >= 0.3 is 0 Å². The molecule has 0 saturated heterocycles. The summed E-state index contributed by atoms with van der Waals surface area (Å²) in [6, 6.07) is 12.5. The van der Waals surface area contributed by atoms with E-state index in [1.165, 1.54) is 0 Å². The maximum Gasteiger partial charge on any atom is 0.268 e. The Kier molecular flexibility index (Phi) is 6.11. The summed E-state index contributed by atoms with van der Waals surface area (Å²) in [4.78, 5) is 25.3. The number of aromatic nitrogens is 1. The van der Waals surface area contributed by atoms with Crippen LogP contribution in [0, 0.1) is 0 Å². The second-order valence-electron chi connectivity index (χ2n) is 6.29. The van der Waals surface area contributed by atoms with Crippen LogP contribution in [0.15, 0.2) is 61.1 Å². The molecule has 0 saturated carbocycles. The van der Waals surface area contributed by atoms with Crippen molar-refractivity contribution in [2.45, 2.75) is 19.0 Å². The normalized spacial score (nSPS) is 13.9. The fourth-order valence-electron chi connectivity index (χ4n) is 2.79. The van der Waals surface area contributed by atoms with Crippen LogP contribution < -0.4 is 21.6 Å². The van der Waals surface area contributed by atoms with E-state index >= 15 is 0 Å². The van der Waals surface area contributed by atoms with Crippen LogP contribution in [-0.2, 0) is 18.4 Å². The van der Waals surface area contributed by atoms with Gasteiger partial charge < -0.3 is 20.6 Å². The third-order valence-corrected chi connectivity index (χ3v) is 4.31. The van der Waals surface area contributed by atoms with Crippen molar-refractivity contribution < 1.29 is 9.59 Å². The van der Waals surface area contributed by atoms with Gasteiger partial charge in [-0.3, -0.25) is 14.6 Å². The van der Waals surface area contributed by atoms with Gasteiger partial charge in [0.15, 0.2) is 0 Å². The van der Waals surface area contributed by atoms with Gasteiger partial charge in [-0.1, -0.05) is 30.3 Å². The molecule has 0 spiro atoms. The molecule has 8 nitrogen and oxygen atoms in total. The number of hydrogen-bond donors (Lipinski definition) is 4. The zero-order chi connectivity index (χ0) is 19.1. The first-order valence-electron chi connectivity index (χ1n) is 8.82. The number of aryl methyl sites for hydroxylation is 1. The lowest BCUT2D eigenvalue weighted by Crippen LogP contribution is -2.49. The van der Waals surface area contributed by atoms with E-state index in [-0.39, 0.29) is 11.8 Å². The Hall–Kier alpha value is -3.26. The average molecular weight is 368 g/mol. The van der Waals surface area contributed by atoms with Gasteiger partial charge in [0, 0.05) is 38.7 Å². The lowest BCUT2D eigenvalue weighted by Gasteiger charge is -2.22. The van der Waals surface area contributed by atoms with Crippen molar-refractivity contribution in [3.05, 3.63) is 72.3 Å². The zero-order valence-electron chi connectivity index (χ0n) is 15.2. The fraction of sp³-hybridized carbons (Fsp3) is 0.263. The minimum absolute atomic E-state index is 0.211. The van der Waals surface area contributed by atoms with Crippen LogP contribution in [0.4, 0.5) is 0 Å². The lowest BCUT2D eigenvalue weighted by atomic mass is 10.1. The van der Waals surface area contributed by atoms with E-state index in [2.05, 4.69) is 21.6 Å². The van der Waals surface area contributed by atoms with Crippen molar-refractivity contribution in [2.75, 3.05) is 6.54 Å². The molecule has 1 atom stereocenters. The lowest BCUT2D eigenvalue weighted by molar-refractivity contribution is -0.123. The van der Waals surface area contributed by atoms with Crippen LogP contribution in [0.1, 0.15) is 22.5 Å². The number of hydrogen-bond acceptors (Lipinski definition) is 5. The molecule has 0 bridgehead atoms. The van der Waals surface area contributed by atoms with Crippen molar-refractivity contribution in [3.8, 4) is 0 Å². The molecule has 0 fully saturated rings. The van der Waals surface area contributed by atoms with Crippen molar-refractivity contribution in [1.29, 1.82) is 0 Å². The predicted molar refractivity (Wildman–Crippen MR) is 102 cm³/mol. The Labute approximate surface area is 158 Å². The molecular formula is C19H24N6O2. The summed E-state index contributed by atoms with van der Waals surface area (Å²) in [7, 11) is 1.80. The monoisotopic (exact) mass is 368 g/mol. The van der Waals surface area contributed by atoms with Gasteiger partial charge in [0.25, 0.3) is 5.91 Å². The maximum absolute atomic E-state index is 12.7. The molecule has 1 aromatic carbocycles. The molecule has 142 valence electrons. The molecule has 2 amide bonds. The second kappa shape index (κ2) is 8.91. The molecule has 8 heteroatoms. The summed E-state index contributed by atoms with van der Waals surface area (Å²) < 4.78 is 1.73. The summed E-state index contributed by atoms with van der Waals surface area (Å²) in [6.45, 7) is 0.972. The maximum atomic E-state index is 12.7. The molecule has 1 aliphatic heterocycles. The predicted octanol–water partition coefficient (Wildman–Crippen LogP) is 0.626. The van der Waals surface area contributed by atoms with Gasteiger partial charge in [0.1, 0.15) is 11.7 Å². The highest BCUT2D eigenvalue weighted by Crippen LogP contribution is 2.04. The number of carbonyl (C=O) groups is 2. The standard InChI is InChI=1S/C19H24N6O2/c1-24-11-5-8-17(24)19(27)22-16(9-12-25-13-10-21-23-25)18(26)20-14-15-6-3-2-4-7-15/h2-8,10-11,13,16,21,23H,9,12,14H2,1H3,(H,20,26)(H,22,27)/t16-/m1/s1. The van der Waals surface area contributed by atoms with Gasteiger partial charge in [0.2, 0.25) is 5.91 Å². The molecule has 1 aromatic heterocycles. The highest BCUT2D eigenvalue weighted by Gasteiger charge is 2.23. The topological polar surface area (TPSA) is 90.4 Å². The summed E-state index contributed by atoms with van der Waals surface area (Å²) in [5.41, 5.74) is 7.29. The highest BCUT2D eigenvalue weighted by atomic mass is 16.2. The SMILES string of the molecule is Cn1cccc1C(=O)N[C@H](CCN1C=CNN1)C(=O)NCc1ccccc1. The number of rotatable bonds is 8. The van der Waals surface area contributed by atoms with Crippen LogP contribution >= 0.6 is 0 Å². The molecule has 1 aliphatic rings. The molecule has 2 aromatic rings. The number of benzene rings is 1. The molecule has 27 heavy (non-hydrogen) atoms. The average Bonchev–Trinajstić information content (AvgIpc) is 3.35. The van der Waals surface area contributed by atoms with Crippen molar-refractivity contribution in [1.82, 2.24) is 31.2 Å². The van der Waals surface area contributed by atoms with E-state index in [1.54, 1.807) is 36.1 Å². The smallest absolute Gasteiger partial charge is 0.268 e. The van der Waals surface area contributed by atoms with Gasteiger partial charge in [-0.15, -0.1) is 5.53 Å². The third-order valence-electron chi connectivity index (χ3n) is 4.31. The molecule has 0 unspecified atom stereocenters. The summed E-state index contributed by atoms with van der Waals surface area (Å²) >= 11 is 0. The first-order valence-corrected chi connectivity index (χ1v) is 8.82. The van der Waals surface area contributed by atoms with E-state index in [9.17, 15) is 9.59 Å². The Morgan fingerprint density at radius 3 is 2.63 bits per heavy atom. The Morgan fingerprint density at radius 2 is 1.96 bits per heavy atom. The van der Waals surface area contributed by atoms with Gasteiger partial charge in [-0.2, -0.15) is 0 Å². The van der Waals surface area contributed by atoms with Gasteiger partial charge in [0.05, 0.1) is 0 Å². The Bertz CT molecular complexity index is 802. The first-order chi connectivity index (χ1) is 13.1. The highest BCUT2D eigenvalue weighted by molar-refractivity contribution is 5.96. The summed E-state index contributed by atoms with van der Waals surface area (Å²) in [5, 5.41) is 7.57. The number of carbonyl (C=O) groups excluding carboxylic acids is 2. The molecule has 3 rings (SSSR count). The fourth-order valence-corrected chi connectivity index (χ4v) is 2.79. The number of amides is 2. The number of nitrogens with one attached hydrogen (secondary N) is 4. The molecule has 0 aliphatic carbocycles. The van der Waals surface area contributed by atoms with Gasteiger partial charge in [-0.25, -0.2) is 0 Å². The number of hydrazine groups is 2. The van der Waals surface area contributed by atoms with Crippen molar-refractivity contribution >= 4 is 11.8 Å². The summed E-state index contributed by atoms with van der Waals surface area (Å²) in [6.07, 6.45) is 5.84. The van der Waals surface area contributed by atoms with Crippen molar-refractivity contribution in [2.24, 2.45) is 7.05 Å². The van der Waals surface area contributed by atoms with E-state index in [0.29, 0.717) is 25.2 Å². The van der Waals surface area contributed by atoms with Crippen molar-refractivity contribution in [3.63, 3.8) is 0 Å². The van der Waals surface area contributed by atoms with E-state index < -0.39 is 6.04 Å². The zero-order valence-corrected chi connectivity index (χ0v) is 15.2. The van der Waals surface area contributed by atoms with Crippen LogP contribution in [0.5, 0.6) is 0 Å². The first kappa shape index (κ1) is 18.5. The molecular weight excluding hydrogens is 344 g/mol. The second-order valence-corrected chi connectivity index (χ2v) is 6.29. The minimum atomic E-state index is -0.646. The van der Waals surface area contributed by atoms with Crippen LogP contribution in [-0.4, -0.2) is 34.0 Å². The number of nitrogens with zero attached hydrogens (tertiary/aromatic N) is 2.